The molecule has 0 fully saturated rings. The molecule has 2 aromatic heterocycles. The Balaban J connectivity index is 0.000000192. The van der Waals surface area contributed by atoms with Crippen molar-refractivity contribution in [1.82, 2.24) is 9.97 Å². The molecule has 0 N–H and O–H groups in total. The molecule has 0 atom stereocenters. The van der Waals surface area contributed by atoms with Crippen LogP contribution in [0.15, 0.2) is 109 Å². The van der Waals surface area contributed by atoms with Gasteiger partial charge in [-0.1, -0.05) is 54.6 Å². The van der Waals surface area contributed by atoms with E-state index < -0.39 is 0 Å². The quantitative estimate of drug-likeness (QED) is 0.214. The van der Waals surface area contributed by atoms with Crippen LogP contribution in [0.3, 0.4) is 0 Å². The van der Waals surface area contributed by atoms with Crippen LogP contribution in [0.25, 0.3) is 33.6 Å². The number of pyridine rings is 2. The zero-order chi connectivity index (χ0) is 23.6. The zero-order valence-corrected chi connectivity index (χ0v) is 20.9. The predicted molar refractivity (Wildman–Crippen MR) is 132 cm³/mol. The van der Waals surface area contributed by atoms with Gasteiger partial charge in [-0.05, 0) is 39.7 Å². The Kier molecular flexibility index (Phi) is 9.17. The van der Waals surface area contributed by atoms with Gasteiger partial charge in [0, 0.05) is 38.6 Å². The third-order valence-corrected chi connectivity index (χ3v) is 5.01. The molecule has 5 rings (SSSR count). The number of rotatable bonds is 3. The number of nitrogens with zero attached hydrogens (tertiary/aromatic N) is 4. The summed E-state index contributed by atoms with van der Waals surface area (Å²) in [7, 11) is 0. The van der Waals surface area contributed by atoms with Crippen LogP contribution < -0.4 is 0 Å². The van der Waals surface area contributed by atoms with Gasteiger partial charge >= 0.3 is 0 Å². The van der Waals surface area contributed by atoms with E-state index in [1.807, 2.05) is 72.9 Å². The molecule has 0 saturated heterocycles. The largest absolute Gasteiger partial charge is 0.305 e. The number of aromatic nitrogens is 2. The van der Waals surface area contributed by atoms with Gasteiger partial charge in [-0.2, -0.15) is 5.26 Å². The van der Waals surface area contributed by atoms with Crippen molar-refractivity contribution in [2.75, 3.05) is 0 Å². The average molecular weight is 627 g/mol. The number of nitriles is 2. The van der Waals surface area contributed by atoms with E-state index in [2.05, 4.69) is 40.3 Å². The van der Waals surface area contributed by atoms with E-state index in [1.54, 1.807) is 30.5 Å². The normalized spacial score (nSPS) is 9.43. The summed E-state index contributed by atoms with van der Waals surface area (Å²) < 4.78 is 0. The minimum atomic E-state index is 0. The fourth-order valence-corrected chi connectivity index (χ4v) is 3.33. The molecule has 5 aromatic rings. The second-order valence-corrected chi connectivity index (χ2v) is 7.15. The van der Waals surface area contributed by atoms with E-state index in [1.165, 1.54) is 5.56 Å². The summed E-state index contributed by atoms with van der Waals surface area (Å²) in [5.74, 6) is 0. The third kappa shape index (κ3) is 6.34. The van der Waals surface area contributed by atoms with Crippen molar-refractivity contribution in [3.63, 3.8) is 0 Å². The van der Waals surface area contributed by atoms with Crippen molar-refractivity contribution in [3.8, 4) is 45.8 Å². The average Bonchev–Trinajstić information content (AvgIpc) is 2.94. The maximum absolute atomic E-state index is 9.04. The molecule has 0 aliphatic heterocycles. The van der Waals surface area contributed by atoms with Crippen molar-refractivity contribution in [3.05, 3.63) is 133 Å². The molecule has 0 bridgehead atoms. The molecule has 0 aliphatic carbocycles. The van der Waals surface area contributed by atoms with Gasteiger partial charge in [-0.3, -0.25) is 0 Å². The van der Waals surface area contributed by atoms with E-state index in [0.29, 0.717) is 22.4 Å². The summed E-state index contributed by atoms with van der Waals surface area (Å²) in [6, 6.07) is 41.0. The van der Waals surface area contributed by atoms with Crippen LogP contribution in [0.1, 0.15) is 11.1 Å². The zero-order valence-electron chi connectivity index (χ0n) is 18.5. The Morgan fingerprint density at radius 2 is 1.43 bits per heavy atom. The van der Waals surface area contributed by atoms with Gasteiger partial charge in [0.15, 0.2) is 0 Å². The molecule has 169 valence electrons. The third-order valence-electron chi connectivity index (χ3n) is 5.01. The summed E-state index contributed by atoms with van der Waals surface area (Å²) >= 11 is 0. The summed E-state index contributed by atoms with van der Waals surface area (Å²) in [4.78, 5) is 8.64. The second-order valence-electron chi connectivity index (χ2n) is 7.15. The monoisotopic (exact) mass is 627 g/mol. The first-order valence-corrected chi connectivity index (χ1v) is 10.5. The van der Waals surface area contributed by atoms with Gasteiger partial charge in [-0.25, -0.2) is 5.26 Å². The first-order chi connectivity index (χ1) is 16.8. The molecule has 0 spiro atoms. The van der Waals surface area contributed by atoms with Crippen LogP contribution in [-0.4, -0.2) is 9.97 Å². The van der Waals surface area contributed by atoms with Crippen molar-refractivity contribution >= 4 is 0 Å². The van der Waals surface area contributed by atoms with Gasteiger partial charge in [0.1, 0.15) is 0 Å². The fourth-order valence-electron chi connectivity index (χ4n) is 3.33. The van der Waals surface area contributed by atoms with E-state index in [4.69, 9.17) is 10.5 Å². The van der Waals surface area contributed by atoms with Crippen LogP contribution in [0.5, 0.6) is 0 Å². The molecule has 35 heavy (non-hydrogen) atoms. The van der Waals surface area contributed by atoms with Crippen molar-refractivity contribution in [1.29, 1.82) is 10.5 Å². The Morgan fingerprint density at radius 3 is 2.06 bits per heavy atom. The molecule has 2 heterocycles. The minimum Gasteiger partial charge on any atom is -0.305 e. The van der Waals surface area contributed by atoms with Crippen LogP contribution in [0.4, 0.5) is 0 Å². The molecule has 3 aromatic carbocycles. The van der Waals surface area contributed by atoms with Crippen molar-refractivity contribution in [2.24, 2.45) is 0 Å². The molecular formula is C30H18IrN4-2. The van der Waals surface area contributed by atoms with E-state index in [9.17, 15) is 0 Å². The Morgan fingerprint density at radius 1 is 0.629 bits per heavy atom. The maximum atomic E-state index is 9.04. The van der Waals surface area contributed by atoms with Gasteiger partial charge in [0.05, 0.1) is 6.07 Å². The molecule has 5 heteroatoms. The van der Waals surface area contributed by atoms with Gasteiger partial charge < -0.3 is 9.97 Å². The topological polar surface area (TPSA) is 73.4 Å². The second kappa shape index (κ2) is 12.7. The van der Waals surface area contributed by atoms with Gasteiger partial charge in [0.25, 0.3) is 0 Å². The summed E-state index contributed by atoms with van der Waals surface area (Å²) in [5, 5.41) is 17.9. The molecule has 0 saturated carbocycles. The molecule has 0 amide bonds. The van der Waals surface area contributed by atoms with Crippen LogP contribution >= 0.6 is 0 Å². The first-order valence-electron chi connectivity index (χ1n) is 10.5. The molecule has 0 aliphatic rings. The van der Waals surface area contributed by atoms with E-state index in [0.717, 1.165) is 16.8 Å². The molecule has 0 unspecified atom stereocenters. The van der Waals surface area contributed by atoms with Crippen molar-refractivity contribution < 1.29 is 20.1 Å². The van der Waals surface area contributed by atoms with Crippen LogP contribution in [0.2, 0.25) is 0 Å². The molecule has 4 nitrogen and oxygen atoms in total. The Labute approximate surface area is 218 Å². The van der Waals surface area contributed by atoms with Crippen molar-refractivity contribution in [2.45, 2.75) is 0 Å². The SMILES string of the molecule is N#Cc1cc[c-]c(-c2ccccn2)c1C#N.[Ir].[c-]1ccccc1-c1ccc(-c2ccccc2)cn1. The number of benzene rings is 3. The predicted octanol–water partition coefficient (Wildman–Crippen LogP) is 6.51. The molecule has 1 radical (unpaired) electrons. The number of hydrogen-bond acceptors (Lipinski definition) is 4. The smallest absolute Gasteiger partial charge is 0.0802 e. The Hall–Kier alpha value is -4.41. The van der Waals surface area contributed by atoms with E-state index >= 15 is 0 Å². The summed E-state index contributed by atoms with van der Waals surface area (Å²) in [5.41, 5.74) is 6.19. The maximum Gasteiger partial charge on any atom is 0.0802 e. The van der Waals surface area contributed by atoms with Gasteiger partial charge in [0.2, 0.25) is 0 Å². The fraction of sp³-hybridized carbons (Fsp3) is 0. The minimum absolute atomic E-state index is 0. The summed E-state index contributed by atoms with van der Waals surface area (Å²) in [6.45, 7) is 0. The Bertz CT molecular complexity index is 1380. The van der Waals surface area contributed by atoms with E-state index in [-0.39, 0.29) is 20.1 Å². The van der Waals surface area contributed by atoms with Gasteiger partial charge in [-0.15, -0.1) is 59.7 Å². The van der Waals surface area contributed by atoms with Crippen LogP contribution in [0, 0.1) is 34.8 Å². The number of hydrogen-bond donors (Lipinski definition) is 0. The first kappa shape index (κ1) is 25.2. The van der Waals surface area contributed by atoms with Crippen LogP contribution in [-0.2, 0) is 20.1 Å². The standard InChI is InChI=1S/C17H12N.C13H6N3.Ir/c1-3-7-14(8-4-1)16-11-12-17(18-13-16)15-9-5-2-6-10-15;14-8-10-4-3-5-11(12(10)9-15)13-6-1-2-7-16-13;/h1-9,11-13H;1-4,6-7H;/q2*-1;. The summed E-state index contributed by atoms with van der Waals surface area (Å²) in [6.07, 6.45) is 3.55. The molecular weight excluding hydrogens is 609 g/mol.